The third-order valence-corrected chi connectivity index (χ3v) is 7.37. The van der Waals surface area contributed by atoms with Crippen molar-refractivity contribution in [1.82, 2.24) is 0 Å². The number of hydrogen-bond donors (Lipinski definition) is 0. The number of halogens is 2. The molecule has 0 bridgehead atoms. The monoisotopic (exact) mass is 634 g/mol. The first kappa shape index (κ1) is 33.0. The molecule has 0 spiro atoms. The number of hydrogen-bond acceptors (Lipinski definition) is 0. The van der Waals surface area contributed by atoms with Crippen molar-refractivity contribution in [2.45, 2.75) is 67.2 Å². The molecule has 180 valence electrons. The molecule has 30 heavy (non-hydrogen) atoms. The Morgan fingerprint density at radius 3 is 1.10 bits per heavy atom. The third-order valence-electron chi connectivity index (χ3n) is 7.37. The Labute approximate surface area is 226 Å². The minimum absolute atomic E-state index is 0. The van der Waals surface area contributed by atoms with E-state index < -0.39 is 0 Å². The minimum Gasteiger partial charge on any atom is -1.00 e. The molecule has 6 unspecified atom stereocenters. The molecule has 0 saturated heterocycles. The smallest absolute Gasteiger partial charge is 0 e. The van der Waals surface area contributed by atoms with Crippen LogP contribution in [0.25, 0.3) is 0 Å². The van der Waals surface area contributed by atoms with Crippen LogP contribution < -0.4 is 24.8 Å². The fraction of sp³-hybridized carbons (Fsp3) is 0.692. The Hall–Kier alpha value is 0.865. The second-order valence-electron chi connectivity index (χ2n) is 11.1. The predicted octanol–water partition coefficient (Wildman–Crippen LogP) is 1.60. The largest absolute Gasteiger partial charge is 1.00 e. The van der Waals surface area contributed by atoms with Crippen LogP contribution in [-0.4, -0.2) is 0 Å². The summed E-state index contributed by atoms with van der Waals surface area (Å²) in [6, 6.07) is 0. The van der Waals surface area contributed by atoms with Crippen LogP contribution >= 0.6 is 0 Å². The molecule has 4 rings (SSSR count). The molecule has 0 radical (unpaired) electrons. The first-order chi connectivity index (χ1) is 12.2. The van der Waals surface area contributed by atoms with Crippen LogP contribution in [0.15, 0.2) is 48.6 Å². The molecule has 0 aromatic rings. The van der Waals surface area contributed by atoms with Gasteiger partial charge in [0.05, 0.1) is 0 Å². The van der Waals surface area contributed by atoms with E-state index in [4.69, 9.17) is 0 Å². The maximum absolute atomic E-state index is 2.42. The van der Waals surface area contributed by atoms with Gasteiger partial charge in [-0.2, -0.15) is 0 Å². The van der Waals surface area contributed by atoms with Gasteiger partial charge in [-0.05, 0) is 72.0 Å². The zero-order valence-electron chi connectivity index (χ0n) is 19.3. The summed E-state index contributed by atoms with van der Waals surface area (Å²) in [4.78, 5) is 0. The van der Waals surface area contributed by atoms with E-state index >= 15 is 0 Å². The van der Waals surface area contributed by atoms with Crippen LogP contribution in [0.1, 0.15) is 67.2 Å². The Morgan fingerprint density at radius 2 is 0.800 bits per heavy atom. The molecule has 4 aliphatic carbocycles. The number of rotatable bonds is 0. The van der Waals surface area contributed by atoms with Gasteiger partial charge in [0.15, 0.2) is 0 Å². The van der Waals surface area contributed by atoms with Gasteiger partial charge in [-0.25, -0.2) is 0 Å². The van der Waals surface area contributed by atoms with Crippen LogP contribution in [0.3, 0.4) is 0 Å². The topological polar surface area (TPSA) is 0 Å². The zero-order chi connectivity index (χ0) is 18.9. The first-order valence-electron chi connectivity index (χ1n) is 10.9. The van der Waals surface area contributed by atoms with Crippen LogP contribution in [0.4, 0.5) is 0 Å². The van der Waals surface area contributed by atoms with Gasteiger partial charge >= 0.3 is 0 Å². The SMILES string of the molecule is CC(C)(C)C1CCC2C=CC=CC21.CC(C)(C)C1CCC2C=CC=CC21.[Cl-].[Cl-].[Pd].[Pd]. The van der Waals surface area contributed by atoms with E-state index in [0.717, 1.165) is 35.5 Å². The summed E-state index contributed by atoms with van der Waals surface area (Å²) in [5.41, 5.74) is 0.962. The van der Waals surface area contributed by atoms with Crippen LogP contribution in [0.2, 0.25) is 0 Å². The Bertz CT molecular complexity index is 554. The van der Waals surface area contributed by atoms with Gasteiger partial charge in [0.1, 0.15) is 0 Å². The number of allylic oxidation sites excluding steroid dienone is 8. The van der Waals surface area contributed by atoms with Gasteiger partial charge in [0, 0.05) is 40.8 Å². The van der Waals surface area contributed by atoms with Crippen molar-refractivity contribution in [3.8, 4) is 0 Å². The molecule has 0 aromatic carbocycles. The second-order valence-corrected chi connectivity index (χ2v) is 11.1. The molecule has 4 heteroatoms. The normalized spacial score (nSPS) is 32.9. The molecule has 2 saturated carbocycles. The van der Waals surface area contributed by atoms with E-state index in [0.29, 0.717) is 10.8 Å². The van der Waals surface area contributed by atoms with E-state index in [1.165, 1.54) is 25.7 Å². The van der Waals surface area contributed by atoms with Crippen LogP contribution in [0.5, 0.6) is 0 Å². The Balaban J connectivity index is 0. The molecule has 0 aliphatic heterocycles. The van der Waals surface area contributed by atoms with Gasteiger partial charge in [0.2, 0.25) is 0 Å². The zero-order valence-corrected chi connectivity index (χ0v) is 23.9. The van der Waals surface area contributed by atoms with Gasteiger partial charge in [-0.15, -0.1) is 0 Å². The molecule has 6 atom stereocenters. The van der Waals surface area contributed by atoms with Crippen molar-refractivity contribution in [3.05, 3.63) is 48.6 Å². The van der Waals surface area contributed by atoms with Crippen molar-refractivity contribution in [1.29, 1.82) is 0 Å². The third kappa shape index (κ3) is 8.02. The fourth-order valence-electron chi connectivity index (χ4n) is 5.93. The second kappa shape index (κ2) is 13.5. The molecular weight excluding hydrogens is 596 g/mol. The maximum Gasteiger partial charge on any atom is 0 e. The number of fused-ring (bicyclic) bond motifs is 2. The molecule has 0 amide bonds. The minimum atomic E-state index is 0. The van der Waals surface area contributed by atoms with Gasteiger partial charge in [-0.1, -0.05) is 90.2 Å². The quantitative estimate of drug-likeness (QED) is 0.355. The van der Waals surface area contributed by atoms with Crippen molar-refractivity contribution in [3.63, 3.8) is 0 Å². The summed E-state index contributed by atoms with van der Waals surface area (Å²) in [6.45, 7) is 14.3. The molecule has 0 nitrogen and oxygen atoms in total. The van der Waals surface area contributed by atoms with Crippen molar-refractivity contribution in [2.24, 2.45) is 46.3 Å². The molecule has 0 heterocycles. The summed E-state index contributed by atoms with van der Waals surface area (Å²) in [5.74, 6) is 5.11. The summed E-state index contributed by atoms with van der Waals surface area (Å²) < 4.78 is 0. The molecule has 4 aliphatic rings. The van der Waals surface area contributed by atoms with E-state index in [1.54, 1.807) is 0 Å². The summed E-state index contributed by atoms with van der Waals surface area (Å²) in [6.07, 6.45) is 24.1. The Kier molecular flexibility index (Phi) is 14.9. The standard InChI is InChI=1S/2C13H20.2ClH.2Pd/c2*1-13(2,3)12-9-8-10-6-4-5-7-11(10)12;;;;/h2*4-7,10-12H,8-9H2,1-3H3;2*1H;;/p-2. The van der Waals surface area contributed by atoms with Crippen molar-refractivity contribution in [2.75, 3.05) is 0 Å². The summed E-state index contributed by atoms with van der Waals surface area (Å²) >= 11 is 0. The Morgan fingerprint density at radius 1 is 0.500 bits per heavy atom. The van der Waals surface area contributed by atoms with Gasteiger partial charge in [0.25, 0.3) is 0 Å². The van der Waals surface area contributed by atoms with E-state index in [1.807, 2.05) is 0 Å². The molecule has 0 aromatic heterocycles. The predicted molar refractivity (Wildman–Crippen MR) is 115 cm³/mol. The van der Waals surface area contributed by atoms with E-state index in [9.17, 15) is 0 Å². The van der Waals surface area contributed by atoms with E-state index in [2.05, 4.69) is 90.2 Å². The van der Waals surface area contributed by atoms with Crippen molar-refractivity contribution >= 4 is 0 Å². The van der Waals surface area contributed by atoms with Crippen LogP contribution in [-0.2, 0) is 40.8 Å². The summed E-state index contributed by atoms with van der Waals surface area (Å²) in [7, 11) is 0. The van der Waals surface area contributed by atoms with Gasteiger partial charge in [-0.3, -0.25) is 0 Å². The average Bonchev–Trinajstić information content (AvgIpc) is 3.19. The first-order valence-corrected chi connectivity index (χ1v) is 10.9. The molecule has 0 N–H and O–H groups in total. The van der Waals surface area contributed by atoms with E-state index in [-0.39, 0.29) is 65.7 Å². The van der Waals surface area contributed by atoms with Crippen molar-refractivity contribution < 1.29 is 65.7 Å². The molecular formula is C26H40Cl2Pd2-2. The average molecular weight is 636 g/mol. The summed E-state index contributed by atoms with van der Waals surface area (Å²) in [5, 5.41) is 0. The molecule has 2 fully saturated rings. The maximum atomic E-state index is 2.42. The van der Waals surface area contributed by atoms with Crippen LogP contribution in [0, 0.1) is 46.3 Å². The fourth-order valence-corrected chi connectivity index (χ4v) is 5.93. The van der Waals surface area contributed by atoms with Gasteiger partial charge < -0.3 is 24.8 Å².